The number of hydrogen-bond donors (Lipinski definition) is 2. The summed E-state index contributed by atoms with van der Waals surface area (Å²) < 4.78 is 5.69. The van der Waals surface area contributed by atoms with Crippen LogP contribution in [0.1, 0.15) is 57.8 Å². The van der Waals surface area contributed by atoms with E-state index in [1.165, 1.54) is 44.9 Å². The van der Waals surface area contributed by atoms with Crippen molar-refractivity contribution in [3.63, 3.8) is 0 Å². The molecule has 1 heterocycles. The Morgan fingerprint density at radius 2 is 1.89 bits per heavy atom. The van der Waals surface area contributed by atoms with Crippen molar-refractivity contribution in [2.24, 2.45) is 5.92 Å². The molecule has 1 saturated heterocycles. The van der Waals surface area contributed by atoms with Gasteiger partial charge in [-0.3, -0.25) is 0 Å². The molecule has 0 bridgehead atoms. The third kappa shape index (κ3) is 5.25. The molecule has 1 aliphatic heterocycles. The summed E-state index contributed by atoms with van der Waals surface area (Å²) in [5, 5.41) is 13.3. The van der Waals surface area contributed by atoms with Crippen LogP contribution in [0.4, 0.5) is 0 Å². The quantitative estimate of drug-likeness (QED) is 0.687. The van der Waals surface area contributed by atoms with E-state index in [1.54, 1.807) is 0 Å². The molecule has 3 heteroatoms. The van der Waals surface area contributed by atoms with Crippen LogP contribution in [0, 0.1) is 5.92 Å². The van der Waals surface area contributed by atoms with Crippen molar-refractivity contribution in [1.29, 1.82) is 0 Å². The van der Waals surface area contributed by atoms with Gasteiger partial charge >= 0.3 is 0 Å². The first kappa shape index (κ1) is 14.3. The zero-order valence-corrected chi connectivity index (χ0v) is 11.6. The van der Waals surface area contributed by atoms with Gasteiger partial charge in [-0.2, -0.15) is 0 Å². The lowest BCUT2D eigenvalue weighted by molar-refractivity contribution is 0.0110. The standard InChI is InChI=1S/C15H29NO2/c17-14(11-13-5-1-2-6-13)12-16-9-8-15-7-3-4-10-18-15/h13-17H,1-12H2. The van der Waals surface area contributed by atoms with Gasteiger partial charge in [-0.1, -0.05) is 25.7 Å². The number of ether oxygens (including phenoxy) is 1. The lowest BCUT2D eigenvalue weighted by Crippen LogP contribution is -2.31. The molecule has 2 rings (SSSR count). The normalized spacial score (nSPS) is 27.5. The molecule has 18 heavy (non-hydrogen) atoms. The Balaban J connectivity index is 1.46. The summed E-state index contributed by atoms with van der Waals surface area (Å²) in [4.78, 5) is 0. The van der Waals surface area contributed by atoms with Gasteiger partial charge in [-0.15, -0.1) is 0 Å². The SMILES string of the molecule is OC(CNCCC1CCCCO1)CC1CCCC1. The predicted molar refractivity (Wildman–Crippen MR) is 73.7 cm³/mol. The fourth-order valence-corrected chi connectivity index (χ4v) is 3.28. The third-order valence-corrected chi connectivity index (χ3v) is 4.38. The number of rotatable bonds is 7. The minimum absolute atomic E-state index is 0.152. The van der Waals surface area contributed by atoms with Gasteiger partial charge in [0.1, 0.15) is 0 Å². The Hall–Kier alpha value is -0.120. The number of hydrogen-bond acceptors (Lipinski definition) is 3. The van der Waals surface area contributed by atoms with E-state index in [2.05, 4.69) is 5.32 Å². The minimum atomic E-state index is -0.152. The zero-order valence-electron chi connectivity index (χ0n) is 11.6. The second-order valence-corrected chi connectivity index (χ2v) is 6.02. The van der Waals surface area contributed by atoms with Crippen molar-refractivity contribution in [2.45, 2.75) is 70.0 Å². The van der Waals surface area contributed by atoms with Gasteiger partial charge in [0.05, 0.1) is 12.2 Å². The molecule has 0 spiro atoms. The first-order chi connectivity index (χ1) is 8.84. The van der Waals surface area contributed by atoms with Crippen molar-refractivity contribution in [3.8, 4) is 0 Å². The zero-order chi connectivity index (χ0) is 12.6. The Morgan fingerprint density at radius 3 is 2.61 bits per heavy atom. The molecule has 2 N–H and O–H groups in total. The molecule has 2 aliphatic rings. The molecule has 1 saturated carbocycles. The summed E-state index contributed by atoms with van der Waals surface area (Å²) in [5.41, 5.74) is 0. The van der Waals surface area contributed by atoms with Gasteiger partial charge in [-0.05, 0) is 44.6 Å². The lowest BCUT2D eigenvalue weighted by atomic mass is 10.00. The fourth-order valence-electron chi connectivity index (χ4n) is 3.28. The highest BCUT2D eigenvalue weighted by atomic mass is 16.5. The van der Waals surface area contributed by atoms with E-state index >= 15 is 0 Å². The van der Waals surface area contributed by atoms with Gasteiger partial charge < -0.3 is 15.2 Å². The second kappa shape index (κ2) is 8.13. The highest BCUT2D eigenvalue weighted by Gasteiger charge is 2.18. The van der Waals surface area contributed by atoms with E-state index in [0.717, 1.165) is 38.5 Å². The number of aliphatic hydroxyl groups is 1. The van der Waals surface area contributed by atoms with Crippen LogP contribution in [-0.2, 0) is 4.74 Å². The molecule has 1 aliphatic carbocycles. The van der Waals surface area contributed by atoms with Gasteiger partial charge in [-0.25, -0.2) is 0 Å². The molecule has 0 amide bonds. The van der Waals surface area contributed by atoms with Crippen molar-refractivity contribution in [1.82, 2.24) is 5.32 Å². The van der Waals surface area contributed by atoms with E-state index < -0.39 is 0 Å². The van der Waals surface area contributed by atoms with Crippen molar-refractivity contribution < 1.29 is 9.84 Å². The van der Waals surface area contributed by atoms with Crippen molar-refractivity contribution in [3.05, 3.63) is 0 Å². The fraction of sp³-hybridized carbons (Fsp3) is 1.00. The Labute approximate surface area is 111 Å². The van der Waals surface area contributed by atoms with Crippen LogP contribution in [-0.4, -0.2) is 37.0 Å². The van der Waals surface area contributed by atoms with Gasteiger partial charge in [0.25, 0.3) is 0 Å². The summed E-state index contributed by atoms with van der Waals surface area (Å²) in [7, 11) is 0. The van der Waals surface area contributed by atoms with E-state index in [1.807, 2.05) is 0 Å². The Kier molecular flexibility index (Phi) is 6.46. The molecule has 0 aromatic rings. The monoisotopic (exact) mass is 255 g/mol. The van der Waals surface area contributed by atoms with Crippen LogP contribution in [0.25, 0.3) is 0 Å². The number of aliphatic hydroxyl groups excluding tert-OH is 1. The van der Waals surface area contributed by atoms with Gasteiger partial charge in [0, 0.05) is 13.2 Å². The average Bonchev–Trinajstić information content (AvgIpc) is 2.89. The van der Waals surface area contributed by atoms with Crippen LogP contribution in [0.2, 0.25) is 0 Å². The molecule has 0 radical (unpaired) electrons. The molecule has 2 unspecified atom stereocenters. The molecular formula is C15H29NO2. The predicted octanol–water partition coefficient (Wildman–Crippen LogP) is 2.48. The maximum atomic E-state index is 9.95. The molecule has 2 atom stereocenters. The summed E-state index contributed by atoms with van der Waals surface area (Å²) in [5.74, 6) is 0.781. The molecule has 0 aromatic heterocycles. The Morgan fingerprint density at radius 1 is 1.11 bits per heavy atom. The molecule has 2 fully saturated rings. The molecule has 3 nitrogen and oxygen atoms in total. The molecular weight excluding hydrogens is 226 g/mol. The van der Waals surface area contributed by atoms with E-state index in [9.17, 15) is 5.11 Å². The largest absolute Gasteiger partial charge is 0.392 e. The van der Waals surface area contributed by atoms with Gasteiger partial charge in [0.2, 0.25) is 0 Å². The molecule has 106 valence electrons. The number of nitrogens with one attached hydrogen (secondary N) is 1. The lowest BCUT2D eigenvalue weighted by Gasteiger charge is -2.23. The van der Waals surface area contributed by atoms with E-state index in [4.69, 9.17) is 4.74 Å². The summed E-state index contributed by atoms with van der Waals surface area (Å²) in [6.07, 6.45) is 11.5. The van der Waals surface area contributed by atoms with E-state index in [0.29, 0.717) is 6.10 Å². The summed E-state index contributed by atoms with van der Waals surface area (Å²) in [6.45, 7) is 2.67. The smallest absolute Gasteiger partial charge is 0.0667 e. The topological polar surface area (TPSA) is 41.5 Å². The Bertz CT molecular complexity index is 211. The molecule has 0 aromatic carbocycles. The maximum absolute atomic E-state index is 9.95. The van der Waals surface area contributed by atoms with Crippen LogP contribution in [0.15, 0.2) is 0 Å². The van der Waals surface area contributed by atoms with Crippen LogP contribution in [0.5, 0.6) is 0 Å². The van der Waals surface area contributed by atoms with Crippen LogP contribution in [0.3, 0.4) is 0 Å². The minimum Gasteiger partial charge on any atom is -0.392 e. The highest BCUT2D eigenvalue weighted by Crippen LogP contribution is 2.28. The summed E-state index contributed by atoms with van der Waals surface area (Å²) in [6, 6.07) is 0. The van der Waals surface area contributed by atoms with E-state index in [-0.39, 0.29) is 6.10 Å². The first-order valence-electron chi connectivity index (χ1n) is 7.85. The van der Waals surface area contributed by atoms with Crippen molar-refractivity contribution >= 4 is 0 Å². The average molecular weight is 255 g/mol. The third-order valence-electron chi connectivity index (χ3n) is 4.38. The second-order valence-electron chi connectivity index (χ2n) is 6.02. The van der Waals surface area contributed by atoms with Gasteiger partial charge in [0.15, 0.2) is 0 Å². The summed E-state index contributed by atoms with van der Waals surface area (Å²) >= 11 is 0. The first-order valence-corrected chi connectivity index (χ1v) is 7.85. The van der Waals surface area contributed by atoms with Crippen molar-refractivity contribution in [2.75, 3.05) is 19.7 Å². The highest BCUT2D eigenvalue weighted by molar-refractivity contribution is 4.73. The maximum Gasteiger partial charge on any atom is 0.0667 e. The van der Waals surface area contributed by atoms with Crippen LogP contribution < -0.4 is 5.32 Å². The van der Waals surface area contributed by atoms with Crippen LogP contribution >= 0.6 is 0 Å².